The predicted molar refractivity (Wildman–Crippen MR) is 47.0 cm³/mol. The van der Waals surface area contributed by atoms with Crippen LogP contribution in [0.1, 0.15) is 12.8 Å². The van der Waals surface area contributed by atoms with Crippen molar-refractivity contribution >= 4 is 10.4 Å². The van der Waals surface area contributed by atoms with Gasteiger partial charge in [0.2, 0.25) is 6.73 Å². The van der Waals surface area contributed by atoms with Crippen LogP contribution >= 0.6 is 0 Å². The molecule has 13 heavy (non-hydrogen) atoms. The number of likely N-dealkylation sites (tertiary alicyclic amines) is 1. The Bertz CT molecular complexity index is 256. The summed E-state index contributed by atoms with van der Waals surface area (Å²) in [6.07, 6.45) is 2.26. The van der Waals surface area contributed by atoms with Gasteiger partial charge in [0.1, 0.15) is 0 Å². The van der Waals surface area contributed by atoms with Crippen LogP contribution in [0.15, 0.2) is 0 Å². The second-order valence-corrected chi connectivity index (χ2v) is 4.98. The van der Waals surface area contributed by atoms with Crippen molar-refractivity contribution in [3.8, 4) is 0 Å². The Balaban J connectivity index is 2.42. The third-order valence-corrected chi connectivity index (χ3v) is 3.16. The summed E-state index contributed by atoms with van der Waals surface area (Å²) in [6, 6.07) is 0. The number of hydrogen-bond donors (Lipinski definition) is 0. The van der Waals surface area contributed by atoms with Gasteiger partial charge in [0.05, 0.1) is 27.2 Å². The van der Waals surface area contributed by atoms with Gasteiger partial charge in [0, 0.05) is 12.8 Å². The van der Waals surface area contributed by atoms with Gasteiger partial charge in [-0.15, -0.1) is 0 Å². The van der Waals surface area contributed by atoms with Crippen LogP contribution in [-0.4, -0.2) is 46.9 Å². The zero-order chi connectivity index (χ0) is 9.95. The standard InChI is InChI=1S/C7H16NO4S/c1-8(5-3-4-6-8)7-12-13(9,10)11-2/h3-7H2,1-2H3/q+1. The van der Waals surface area contributed by atoms with Gasteiger partial charge >= 0.3 is 10.4 Å². The van der Waals surface area contributed by atoms with E-state index in [4.69, 9.17) is 0 Å². The van der Waals surface area contributed by atoms with E-state index in [1.807, 2.05) is 7.05 Å². The van der Waals surface area contributed by atoms with Crippen LogP contribution in [0.5, 0.6) is 0 Å². The van der Waals surface area contributed by atoms with E-state index in [0.29, 0.717) is 4.48 Å². The predicted octanol–water partition coefficient (Wildman–Crippen LogP) is 0.0921. The molecule has 0 aromatic heterocycles. The fourth-order valence-electron chi connectivity index (χ4n) is 1.47. The first-order chi connectivity index (χ1) is 5.97. The lowest BCUT2D eigenvalue weighted by Gasteiger charge is -2.27. The third kappa shape index (κ3) is 3.22. The van der Waals surface area contributed by atoms with Gasteiger partial charge in [-0.05, 0) is 0 Å². The molecule has 0 unspecified atom stereocenters. The Hall–Kier alpha value is -0.170. The van der Waals surface area contributed by atoms with Crippen molar-refractivity contribution in [3.05, 3.63) is 0 Å². The average molecular weight is 210 g/mol. The highest BCUT2D eigenvalue weighted by Gasteiger charge is 2.29. The zero-order valence-corrected chi connectivity index (χ0v) is 8.84. The molecule has 0 spiro atoms. The van der Waals surface area contributed by atoms with Crippen LogP contribution in [0.3, 0.4) is 0 Å². The molecule has 1 aliphatic heterocycles. The molecule has 0 aliphatic carbocycles. The van der Waals surface area contributed by atoms with Crippen molar-refractivity contribution in [2.24, 2.45) is 0 Å². The van der Waals surface area contributed by atoms with Crippen molar-refractivity contribution in [1.82, 2.24) is 0 Å². The van der Waals surface area contributed by atoms with Crippen molar-refractivity contribution in [2.75, 3.05) is 34.0 Å². The molecular weight excluding hydrogens is 194 g/mol. The maximum atomic E-state index is 10.8. The molecule has 0 bridgehead atoms. The molecular formula is C7H16NO4S+. The topological polar surface area (TPSA) is 52.6 Å². The monoisotopic (exact) mass is 210 g/mol. The zero-order valence-electron chi connectivity index (χ0n) is 8.02. The van der Waals surface area contributed by atoms with Crippen LogP contribution in [-0.2, 0) is 18.8 Å². The third-order valence-electron chi connectivity index (χ3n) is 2.36. The Morgan fingerprint density at radius 2 is 1.85 bits per heavy atom. The highest BCUT2D eigenvalue weighted by Crippen LogP contribution is 2.16. The van der Waals surface area contributed by atoms with Crippen molar-refractivity contribution < 1.29 is 21.3 Å². The molecule has 1 heterocycles. The first kappa shape index (κ1) is 10.9. The second-order valence-electron chi connectivity index (χ2n) is 3.60. The van der Waals surface area contributed by atoms with Gasteiger partial charge in [0.15, 0.2) is 0 Å². The lowest BCUT2D eigenvalue weighted by atomic mass is 10.4. The molecule has 78 valence electrons. The highest BCUT2D eigenvalue weighted by atomic mass is 32.3. The van der Waals surface area contributed by atoms with E-state index in [1.54, 1.807) is 0 Å². The molecule has 0 atom stereocenters. The van der Waals surface area contributed by atoms with Gasteiger partial charge in [-0.2, -0.15) is 12.6 Å². The van der Waals surface area contributed by atoms with E-state index in [9.17, 15) is 8.42 Å². The molecule has 0 saturated carbocycles. The summed E-state index contributed by atoms with van der Waals surface area (Å²) >= 11 is 0. The van der Waals surface area contributed by atoms with Gasteiger partial charge in [-0.25, -0.2) is 0 Å². The number of rotatable bonds is 4. The second kappa shape index (κ2) is 3.91. The first-order valence-corrected chi connectivity index (χ1v) is 5.59. The Kier molecular flexibility index (Phi) is 3.28. The van der Waals surface area contributed by atoms with Crippen LogP contribution in [0.2, 0.25) is 0 Å². The van der Waals surface area contributed by atoms with Crippen LogP contribution < -0.4 is 0 Å². The lowest BCUT2D eigenvalue weighted by molar-refractivity contribution is -0.913. The normalized spacial score (nSPS) is 22.0. The average Bonchev–Trinajstić information content (AvgIpc) is 2.50. The summed E-state index contributed by atoms with van der Waals surface area (Å²) in [6.45, 7) is 2.12. The molecule has 1 saturated heterocycles. The number of hydrogen-bond acceptors (Lipinski definition) is 4. The lowest BCUT2D eigenvalue weighted by Crippen LogP contribution is -2.43. The van der Waals surface area contributed by atoms with Crippen molar-refractivity contribution in [1.29, 1.82) is 0 Å². The summed E-state index contributed by atoms with van der Waals surface area (Å²) in [5, 5.41) is 0. The molecule has 1 aliphatic rings. The summed E-state index contributed by atoms with van der Waals surface area (Å²) in [5.74, 6) is 0. The molecule has 1 fully saturated rings. The van der Waals surface area contributed by atoms with Crippen LogP contribution in [0, 0.1) is 0 Å². The van der Waals surface area contributed by atoms with Gasteiger partial charge < -0.3 is 4.48 Å². The van der Waals surface area contributed by atoms with E-state index in [2.05, 4.69) is 8.37 Å². The number of quaternary nitrogens is 1. The summed E-state index contributed by atoms with van der Waals surface area (Å²) in [4.78, 5) is 0. The Morgan fingerprint density at radius 1 is 1.31 bits per heavy atom. The minimum atomic E-state index is -3.76. The smallest absolute Gasteiger partial charge is 0.302 e. The Morgan fingerprint density at radius 3 is 2.31 bits per heavy atom. The minimum Gasteiger partial charge on any atom is -0.302 e. The largest absolute Gasteiger partial charge is 0.404 e. The summed E-state index contributed by atoms with van der Waals surface area (Å²) in [5.41, 5.74) is 0. The van der Waals surface area contributed by atoms with Crippen LogP contribution in [0.25, 0.3) is 0 Å². The van der Waals surface area contributed by atoms with E-state index >= 15 is 0 Å². The maximum absolute atomic E-state index is 10.8. The molecule has 0 amide bonds. The fraction of sp³-hybridized carbons (Fsp3) is 1.00. The maximum Gasteiger partial charge on any atom is 0.404 e. The molecule has 1 rings (SSSR count). The minimum absolute atomic E-state index is 0.177. The SMILES string of the molecule is COS(=O)(=O)OC[N+]1(C)CCCC1. The van der Waals surface area contributed by atoms with E-state index in [0.717, 1.165) is 33.0 Å². The molecule has 0 radical (unpaired) electrons. The van der Waals surface area contributed by atoms with Crippen molar-refractivity contribution in [2.45, 2.75) is 12.8 Å². The van der Waals surface area contributed by atoms with E-state index < -0.39 is 10.4 Å². The van der Waals surface area contributed by atoms with Crippen LogP contribution in [0.4, 0.5) is 0 Å². The molecule has 0 N–H and O–H groups in total. The van der Waals surface area contributed by atoms with Gasteiger partial charge in [0.25, 0.3) is 0 Å². The Labute approximate surface area is 79.2 Å². The number of nitrogens with zero attached hydrogens (tertiary/aromatic N) is 1. The molecule has 6 heteroatoms. The molecule has 0 aromatic rings. The molecule has 5 nitrogen and oxygen atoms in total. The summed E-state index contributed by atoms with van der Waals surface area (Å²) < 4.78 is 31.2. The van der Waals surface area contributed by atoms with Gasteiger partial charge in [-0.3, -0.25) is 4.18 Å². The fourth-order valence-corrected chi connectivity index (χ4v) is 1.95. The molecule has 0 aromatic carbocycles. The van der Waals surface area contributed by atoms with E-state index in [1.165, 1.54) is 0 Å². The quantitative estimate of drug-likeness (QED) is 0.617. The summed E-state index contributed by atoms with van der Waals surface area (Å²) in [7, 11) is -0.680. The van der Waals surface area contributed by atoms with E-state index in [-0.39, 0.29) is 6.73 Å². The van der Waals surface area contributed by atoms with Crippen molar-refractivity contribution in [3.63, 3.8) is 0 Å². The first-order valence-electron chi connectivity index (χ1n) is 4.26. The highest BCUT2D eigenvalue weighted by molar-refractivity contribution is 7.81. The van der Waals surface area contributed by atoms with Gasteiger partial charge in [-0.1, -0.05) is 0 Å².